The number of carbonyl (C=O) groups excluding carboxylic acids is 1. The number of nitrogens with two attached hydrogens (primary N) is 1. The Bertz CT molecular complexity index is 502. The summed E-state index contributed by atoms with van der Waals surface area (Å²) >= 11 is 0. The average molecular weight is 322 g/mol. The molecule has 2 aliphatic rings. The maximum absolute atomic E-state index is 12.1. The normalized spacial score (nSPS) is 26.1. The van der Waals surface area contributed by atoms with Crippen LogP contribution in [-0.2, 0) is 9.59 Å². The fraction of sp³-hybridized carbons (Fsp3) is 0.778. The SMILES string of the molecule is CC1(C)CCC(C)(C)C1C=CC1(NC(=O)[C@@H](N)CC(=O)O)CC1. The number of amides is 1. The van der Waals surface area contributed by atoms with E-state index in [0.717, 1.165) is 12.8 Å². The summed E-state index contributed by atoms with van der Waals surface area (Å²) in [4.78, 5) is 22.7. The Kier molecular flexibility index (Phi) is 4.64. The standard InChI is InChI=1S/C18H30N2O3/c1-16(2)7-8-17(3,4)13(16)5-6-18(9-10-18)20-15(23)12(19)11-14(21)22/h5-6,12-13H,7-11,19H2,1-4H3,(H,20,23)(H,21,22)/t12-/m0/s1. The number of aliphatic carboxylic acids is 1. The second kappa shape index (κ2) is 5.93. The van der Waals surface area contributed by atoms with Gasteiger partial charge in [0.1, 0.15) is 0 Å². The van der Waals surface area contributed by atoms with Gasteiger partial charge in [0.05, 0.1) is 18.0 Å². The third kappa shape index (κ3) is 4.14. The molecule has 23 heavy (non-hydrogen) atoms. The van der Waals surface area contributed by atoms with E-state index in [1.807, 2.05) is 0 Å². The lowest BCUT2D eigenvalue weighted by atomic mass is 9.72. The number of hydrogen-bond acceptors (Lipinski definition) is 3. The van der Waals surface area contributed by atoms with Gasteiger partial charge in [-0.15, -0.1) is 0 Å². The predicted molar refractivity (Wildman–Crippen MR) is 89.8 cm³/mol. The summed E-state index contributed by atoms with van der Waals surface area (Å²) < 4.78 is 0. The number of nitrogens with one attached hydrogen (secondary N) is 1. The van der Waals surface area contributed by atoms with E-state index in [4.69, 9.17) is 10.8 Å². The number of carboxylic acid groups (broad SMARTS) is 1. The van der Waals surface area contributed by atoms with Crippen LogP contribution in [0.1, 0.15) is 59.8 Å². The van der Waals surface area contributed by atoms with Crippen LogP contribution in [0.3, 0.4) is 0 Å². The van der Waals surface area contributed by atoms with Gasteiger partial charge in [-0.25, -0.2) is 0 Å². The molecule has 5 nitrogen and oxygen atoms in total. The highest BCUT2D eigenvalue weighted by Crippen LogP contribution is 2.54. The van der Waals surface area contributed by atoms with E-state index in [9.17, 15) is 9.59 Å². The fourth-order valence-corrected chi connectivity index (χ4v) is 3.90. The first-order valence-electron chi connectivity index (χ1n) is 8.46. The van der Waals surface area contributed by atoms with E-state index >= 15 is 0 Å². The van der Waals surface area contributed by atoms with Crippen molar-refractivity contribution in [3.63, 3.8) is 0 Å². The van der Waals surface area contributed by atoms with Gasteiger partial charge in [-0.1, -0.05) is 39.8 Å². The smallest absolute Gasteiger partial charge is 0.305 e. The van der Waals surface area contributed by atoms with Crippen molar-refractivity contribution in [1.29, 1.82) is 0 Å². The fourth-order valence-electron chi connectivity index (χ4n) is 3.90. The van der Waals surface area contributed by atoms with Gasteiger partial charge in [0.15, 0.2) is 0 Å². The Morgan fingerprint density at radius 1 is 1.17 bits per heavy atom. The lowest BCUT2D eigenvalue weighted by Crippen LogP contribution is -2.47. The highest BCUT2D eigenvalue weighted by molar-refractivity contribution is 5.86. The van der Waals surface area contributed by atoms with Gasteiger partial charge in [-0.2, -0.15) is 0 Å². The van der Waals surface area contributed by atoms with E-state index in [1.54, 1.807) is 0 Å². The van der Waals surface area contributed by atoms with Crippen molar-refractivity contribution in [3.05, 3.63) is 12.2 Å². The zero-order chi connectivity index (χ0) is 17.5. The van der Waals surface area contributed by atoms with Crippen LogP contribution in [0.5, 0.6) is 0 Å². The van der Waals surface area contributed by atoms with Gasteiger partial charge in [0.25, 0.3) is 0 Å². The van der Waals surface area contributed by atoms with Crippen molar-refractivity contribution >= 4 is 11.9 Å². The summed E-state index contributed by atoms with van der Waals surface area (Å²) in [7, 11) is 0. The van der Waals surface area contributed by atoms with Gasteiger partial charge < -0.3 is 16.2 Å². The van der Waals surface area contributed by atoms with E-state index in [1.165, 1.54) is 12.8 Å². The van der Waals surface area contributed by atoms with Gasteiger partial charge in [-0.05, 0) is 42.4 Å². The monoisotopic (exact) mass is 322 g/mol. The Balaban J connectivity index is 2.02. The Morgan fingerprint density at radius 3 is 2.13 bits per heavy atom. The van der Waals surface area contributed by atoms with Crippen LogP contribution in [0.15, 0.2) is 12.2 Å². The molecule has 1 atom stereocenters. The average Bonchev–Trinajstić information content (AvgIpc) is 3.11. The van der Waals surface area contributed by atoms with Crippen LogP contribution < -0.4 is 11.1 Å². The Hall–Kier alpha value is -1.36. The first-order chi connectivity index (χ1) is 10.5. The quantitative estimate of drug-likeness (QED) is 0.655. The Labute approximate surface area is 138 Å². The van der Waals surface area contributed by atoms with Crippen LogP contribution in [0.4, 0.5) is 0 Å². The minimum absolute atomic E-state index is 0.264. The highest BCUT2D eigenvalue weighted by atomic mass is 16.4. The lowest BCUT2D eigenvalue weighted by molar-refractivity contribution is -0.139. The molecule has 2 rings (SSSR count). The molecule has 2 saturated carbocycles. The second-order valence-electron chi connectivity index (χ2n) is 8.66. The van der Waals surface area contributed by atoms with Crippen molar-refractivity contribution in [1.82, 2.24) is 5.32 Å². The summed E-state index contributed by atoms with van der Waals surface area (Å²) in [5, 5.41) is 11.7. The van der Waals surface area contributed by atoms with Crippen molar-refractivity contribution in [3.8, 4) is 0 Å². The molecule has 1 amide bonds. The van der Waals surface area contributed by atoms with E-state index < -0.39 is 12.0 Å². The molecule has 5 heteroatoms. The summed E-state index contributed by atoms with van der Waals surface area (Å²) in [6.07, 6.45) is 8.25. The number of carboxylic acids is 1. The highest BCUT2D eigenvalue weighted by Gasteiger charge is 2.47. The molecular weight excluding hydrogens is 292 g/mol. The van der Waals surface area contributed by atoms with Crippen molar-refractivity contribution in [2.24, 2.45) is 22.5 Å². The molecule has 0 unspecified atom stereocenters. The molecular formula is C18H30N2O3. The van der Waals surface area contributed by atoms with Gasteiger partial charge in [0, 0.05) is 0 Å². The maximum atomic E-state index is 12.1. The second-order valence-corrected chi connectivity index (χ2v) is 8.66. The molecule has 0 aliphatic heterocycles. The van der Waals surface area contributed by atoms with Gasteiger partial charge in [-0.3, -0.25) is 9.59 Å². The summed E-state index contributed by atoms with van der Waals surface area (Å²) in [6.45, 7) is 9.21. The topological polar surface area (TPSA) is 92.4 Å². The summed E-state index contributed by atoms with van der Waals surface area (Å²) in [6, 6.07) is -0.988. The number of allylic oxidation sites excluding steroid dienone is 1. The molecule has 0 aromatic rings. The molecule has 2 aliphatic carbocycles. The first kappa shape index (κ1) is 18.0. The van der Waals surface area contributed by atoms with Gasteiger partial charge in [0.2, 0.25) is 5.91 Å². The van der Waals surface area contributed by atoms with Crippen LogP contribution in [0.25, 0.3) is 0 Å². The molecule has 0 bridgehead atoms. The predicted octanol–water partition coefficient (Wildman–Crippen LogP) is 2.46. The van der Waals surface area contributed by atoms with E-state index in [0.29, 0.717) is 5.92 Å². The molecule has 0 spiro atoms. The lowest BCUT2D eigenvalue weighted by Gasteiger charge is -2.33. The van der Waals surface area contributed by atoms with Crippen molar-refractivity contribution < 1.29 is 14.7 Å². The molecule has 0 aromatic carbocycles. The zero-order valence-corrected chi connectivity index (χ0v) is 14.7. The Morgan fingerprint density at radius 2 is 1.70 bits per heavy atom. The van der Waals surface area contributed by atoms with Crippen LogP contribution in [-0.4, -0.2) is 28.6 Å². The molecule has 4 N–H and O–H groups in total. The van der Waals surface area contributed by atoms with Crippen LogP contribution in [0, 0.1) is 16.7 Å². The first-order valence-corrected chi connectivity index (χ1v) is 8.46. The number of carbonyl (C=O) groups is 2. The minimum Gasteiger partial charge on any atom is -0.481 e. The van der Waals surface area contributed by atoms with Crippen molar-refractivity contribution in [2.75, 3.05) is 0 Å². The van der Waals surface area contributed by atoms with E-state index in [2.05, 4.69) is 45.2 Å². The summed E-state index contributed by atoms with van der Waals surface area (Å²) in [5.41, 5.74) is 5.85. The third-order valence-electron chi connectivity index (χ3n) is 5.60. The molecule has 0 heterocycles. The van der Waals surface area contributed by atoms with Crippen LogP contribution >= 0.6 is 0 Å². The largest absolute Gasteiger partial charge is 0.481 e. The van der Waals surface area contributed by atoms with Crippen molar-refractivity contribution in [2.45, 2.75) is 71.4 Å². The number of hydrogen-bond donors (Lipinski definition) is 3. The molecule has 0 aromatic heterocycles. The number of rotatable bonds is 6. The van der Waals surface area contributed by atoms with E-state index in [-0.39, 0.29) is 28.7 Å². The molecule has 130 valence electrons. The molecule has 0 saturated heterocycles. The molecule has 0 radical (unpaired) electrons. The molecule has 2 fully saturated rings. The zero-order valence-electron chi connectivity index (χ0n) is 14.7. The van der Waals surface area contributed by atoms with Crippen LogP contribution in [0.2, 0.25) is 0 Å². The summed E-state index contributed by atoms with van der Waals surface area (Å²) in [5.74, 6) is -0.959. The third-order valence-corrected chi connectivity index (χ3v) is 5.60. The maximum Gasteiger partial charge on any atom is 0.305 e. The van der Waals surface area contributed by atoms with Gasteiger partial charge >= 0.3 is 5.97 Å². The minimum atomic E-state index is -1.05.